The second-order valence-corrected chi connectivity index (χ2v) is 8.36. The van der Waals surface area contributed by atoms with Crippen molar-refractivity contribution < 1.29 is 4.74 Å². The summed E-state index contributed by atoms with van der Waals surface area (Å²) in [5, 5.41) is 6.92. The Balaban J connectivity index is 1.31. The van der Waals surface area contributed by atoms with Crippen LogP contribution in [0.1, 0.15) is 28.1 Å². The van der Waals surface area contributed by atoms with Crippen molar-refractivity contribution in [3.8, 4) is 0 Å². The van der Waals surface area contributed by atoms with Crippen molar-refractivity contribution in [2.24, 2.45) is 4.99 Å². The van der Waals surface area contributed by atoms with Gasteiger partial charge in [-0.15, -0.1) is 0 Å². The summed E-state index contributed by atoms with van der Waals surface area (Å²) in [6, 6.07) is 17.3. The number of hydrogen-bond donors (Lipinski definition) is 2. The maximum Gasteiger partial charge on any atom is 0.191 e. The minimum Gasteiger partial charge on any atom is -0.379 e. The number of ether oxygens (including phenoxy) is 1. The summed E-state index contributed by atoms with van der Waals surface area (Å²) in [6.07, 6.45) is 3.86. The number of morpholine rings is 1. The Morgan fingerprint density at radius 3 is 2.48 bits per heavy atom. The molecule has 4 rings (SSSR count). The molecule has 1 fully saturated rings. The van der Waals surface area contributed by atoms with E-state index >= 15 is 0 Å². The topological polar surface area (TPSA) is 66.7 Å². The van der Waals surface area contributed by atoms with Crippen molar-refractivity contribution in [2.45, 2.75) is 33.1 Å². The number of aliphatic imine (C=N–C) groups is 1. The molecule has 7 heteroatoms. The fourth-order valence-electron chi connectivity index (χ4n) is 4.08. The van der Waals surface area contributed by atoms with Crippen LogP contribution < -0.4 is 10.6 Å². The fourth-order valence-corrected chi connectivity index (χ4v) is 4.08. The van der Waals surface area contributed by atoms with Crippen LogP contribution in [0.25, 0.3) is 0 Å². The van der Waals surface area contributed by atoms with E-state index in [0.29, 0.717) is 6.54 Å². The molecular weight excluding hydrogens is 412 g/mol. The Morgan fingerprint density at radius 1 is 0.970 bits per heavy atom. The third-order valence-electron chi connectivity index (χ3n) is 6.01. The number of guanidine groups is 1. The summed E-state index contributed by atoms with van der Waals surface area (Å²) in [4.78, 5) is 11.2. The standard InChI is InChI=1S/C26H34N6O/c1-21-28-10-11-32(21)19-23-7-5-6-22(16-23)17-29-26(27-2)30-18-24-8-3-4-9-25(24)20-31-12-14-33-15-13-31/h3-11,16H,12-15,17-20H2,1-2H3,(H2,27,29,30). The van der Waals surface area contributed by atoms with Crippen LogP contribution in [-0.4, -0.2) is 53.8 Å². The molecule has 1 aliphatic rings. The molecule has 2 N–H and O–H groups in total. The normalized spacial score (nSPS) is 14.9. The molecule has 0 saturated carbocycles. The minimum atomic E-state index is 0.714. The molecule has 33 heavy (non-hydrogen) atoms. The highest BCUT2D eigenvalue weighted by molar-refractivity contribution is 5.79. The molecule has 0 atom stereocenters. The molecular formula is C26H34N6O. The van der Waals surface area contributed by atoms with Crippen molar-refractivity contribution in [3.63, 3.8) is 0 Å². The van der Waals surface area contributed by atoms with E-state index in [9.17, 15) is 0 Å². The number of rotatable bonds is 8. The largest absolute Gasteiger partial charge is 0.379 e. The highest BCUT2D eigenvalue weighted by Crippen LogP contribution is 2.13. The van der Waals surface area contributed by atoms with Crippen LogP contribution in [0.2, 0.25) is 0 Å². The van der Waals surface area contributed by atoms with Gasteiger partial charge in [0.2, 0.25) is 0 Å². The van der Waals surface area contributed by atoms with Crippen LogP contribution in [0.3, 0.4) is 0 Å². The second kappa shape index (κ2) is 11.6. The summed E-state index contributed by atoms with van der Waals surface area (Å²) in [6.45, 7) is 8.88. The van der Waals surface area contributed by atoms with E-state index in [1.165, 1.54) is 22.3 Å². The third kappa shape index (κ3) is 6.66. The predicted octanol–water partition coefficient (Wildman–Crippen LogP) is 2.94. The first-order chi connectivity index (χ1) is 16.2. The van der Waals surface area contributed by atoms with E-state index in [1.54, 1.807) is 0 Å². The van der Waals surface area contributed by atoms with Crippen LogP contribution in [0.5, 0.6) is 0 Å². The molecule has 0 bridgehead atoms. The van der Waals surface area contributed by atoms with Gasteiger partial charge in [-0.2, -0.15) is 0 Å². The first-order valence-electron chi connectivity index (χ1n) is 11.6. The van der Waals surface area contributed by atoms with Crippen LogP contribution in [0, 0.1) is 6.92 Å². The van der Waals surface area contributed by atoms with E-state index in [0.717, 1.165) is 57.7 Å². The van der Waals surface area contributed by atoms with Gasteiger partial charge in [0.1, 0.15) is 5.82 Å². The fraction of sp³-hybridized carbons (Fsp3) is 0.385. The number of aryl methyl sites for hydroxylation is 1. The molecule has 1 aliphatic heterocycles. The molecule has 2 aromatic carbocycles. The van der Waals surface area contributed by atoms with Gasteiger partial charge in [-0.3, -0.25) is 9.89 Å². The minimum absolute atomic E-state index is 0.714. The van der Waals surface area contributed by atoms with Gasteiger partial charge in [-0.25, -0.2) is 4.98 Å². The summed E-state index contributed by atoms with van der Waals surface area (Å²) in [5.74, 6) is 1.82. The van der Waals surface area contributed by atoms with Crippen LogP contribution >= 0.6 is 0 Å². The lowest BCUT2D eigenvalue weighted by Gasteiger charge is -2.27. The summed E-state index contributed by atoms with van der Waals surface area (Å²) in [7, 11) is 1.81. The van der Waals surface area contributed by atoms with Crippen LogP contribution in [0.4, 0.5) is 0 Å². The quantitative estimate of drug-likeness (QED) is 0.411. The maximum absolute atomic E-state index is 5.48. The number of imidazole rings is 1. The van der Waals surface area contributed by atoms with Crippen molar-refractivity contribution >= 4 is 5.96 Å². The second-order valence-electron chi connectivity index (χ2n) is 8.36. The zero-order valence-electron chi connectivity index (χ0n) is 19.6. The molecule has 0 amide bonds. The number of hydrogen-bond acceptors (Lipinski definition) is 4. The van der Waals surface area contributed by atoms with Gasteiger partial charge in [0.25, 0.3) is 0 Å². The van der Waals surface area contributed by atoms with Crippen molar-refractivity contribution in [1.82, 2.24) is 25.1 Å². The molecule has 1 aromatic heterocycles. The van der Waals surface area contributed by atoms with Gasteiger partial charge >= 0.3 is 0 Å². The SMILES string of the molecule is CN=C(NCc1cccc(Cn2ccnc2C)c1)NCc1ccccc1CN1CCOCC1. The molecule has 3 aromatic rings. The Kier molecular flexibility index (Phi) is 8.11. The van der Waals surface area contributed by atoms with Crippen molar-refractivity contribution in [1.29, 1.82) is 0 Å². The lowest BCUT2D eigenvalue weighted by molar-refractivity contribution is 0.0341. The number of benzene rings is 2. The number of nitrogens with one attached hydrogen (secondary N) is 2. The van der Waals surface area contributed by atoms with Gasteiger partial charge in [0.15, 0.2) is 5.96 Å². The molecule has 174 valence electrons. The highest BCUT2D eigenvalue weighted by Gasteiger charge is 2.13. The smallest absolute Gasteiger partial charge is 0.191 e. The molecule has 0 aliphatic carbocycles. The van der Waals surface area contributed by atoms with Crippen LogP contribution in [-0.2, 0) is 30.9 Å². The van der Waals surface area contributed by atoms with Crippen molar-refractivity contribution in [3.05, 3.63) is 89.0 Å². The maximum atomic E-state index is 5.48. The number of aromatic nitrogens is 2. The monoisotopic (exact) mass is 446 g/mol. The van der Waals surface area contributed by atoms with E-state index in [2.05, 4.69) is 78.6 Å². The molecule has 2 heterocycles. The van der Waals surface area contributed by atoms with E-state index < -0.39 is 0 Å². The Bertz CT molecular complexity index is 1050. The summed E-state index contributed by atoms with van der Waals surface area (Å²) >= 11 is 0. The Morgan fingerprint density at radius 2 is 1.73 bits per heavy atom. The highest BCUT2D eigenvalue weighted by atomic mass is 16.5. The van der Waals surface area contributed by atoms with Gasteiger partial charge in [0.05, 0.1) is 13.2 Å². The molecule has 0 radical (unpaired) electrons. The van der Waals surface area contributed by atoms with Crippen LogP contribution in [0.15, 0.2) is 65.9 Å². The summed E-state index contributed by atoms with van der Waals surface area (Å²) in [5.41, 5.74) is 5.13. The van der Waals surface area contributed by atoms with Gasteiger partial charge < -0.3 is 19.9 Å². The van der Waals surface area contributed by atoms with Gasteiger partial charge in [0, 0.05) is 58.7 Å². The number of nitrogens with zero attached hydrogens (tertiary/aromatic N) is 4. The zero-order chi connectivity index (χ0) is 22.9. The van der Waals surface area contributed by atoms with Crippen molar-refractivity contribution in [2.75, 3.05) is 33.4 Å². The zero-order valence-corrected chi connectivity index (χ0v) is 19.6. The third-order valence-corrected chi connectivity index (χ3v) is 6.01. The lowest BCUT2D eigenvalue weighted by Crippen LogP contribution is -2.37. The molecule has 1 saturated heterocycles. The average Bonchev–Trinajstić information content (AvgIpc) is 3.25. The average molecular weight is 447 g/mol. The summed E-state index contributed by atoms with van der Waals surface area (Å²) < 4.78 is 7.64. The molecule has 7 nitrogen and oxygen atoms in total. The lowest BCUT2D eigenvalue weighted by atomic mass is 10.1. The first kappa shape index (κ1) is 23.0. The Labute approximate surface area is 196 Å². The van der Waals surface area contributed by atoms with Gasteiger partial charge in [-0.1, -0.05) is 48.5 Å². The van der Waals surface area contributed by atoms with E-state index in [-0.39, 0.29) is 0 Å². The molecule has 0 unspecified atom stereocenters. The Hall–Kier alpha value is -3.16. The first-order valence-corrected chi connectivity index (χ1v) is 11.6. The van der Waals surface area contributed by atoms with E-state index in [4.69, 9.17) is 4.74 Å². The predicted molar refractivity (Wildman–Crippen MR) is 132 cm³/mol. The van der Waals surface area contributed by atoms with Gasteiger partial charge in [-0.05, 0) is 29.2 Å². The molecule has 0 spiro atoms. The van der Waals surface area contributed by atoms with E-state index in [1.807, 2.05) is 26.4 Å².